The summed E-state index contributed by atoms with van der Waals surface area (Å²) in [6.07, 6.45) is 12.3. The van der Waals surface area contributed by atoms with Crippen LogP contribution < -0.4 is 0 Å². The number of aryl methyl sites for hydroxylation is 1. The molecule has 1 unspecified atom stereocenters. The summed E-state index contributed by atoms with van der Waals surface area (Å²) in [5.41, 5.74) is 1.25. The largest absolute Gasteiger partial charge is 0.294 e. The standard InChI is InChI=1S/C20H35ClN4O2S/c1-4-6-7-8-9-10-11-12-13-14-15-28(26,27)17(5-2)19-22-23-20-18(21)16(3)24-25(19)20/h17,24H,4-15H2,1-3H3. The zero-order chi connectivity index (χ0) is 20.6. The summed E-state index contributed by atoms with van der Waals surface area (Å²) in [6, 6.07) is 0. The maximum absolute atomic E-state index is 12.9. The number of hydrogen-bond acceptors (Lipinski definition) is 4. The number of unbranched alkanes of at least 4 members (excludes halogenated alkanes) is 9. The van der Waals surface area contributed by atoms with Gasteiger partial charge in [0.15, 0.2) is 21.3 Å². The van der Waals surface area contributed by atoms with Crippen molar-refractivity contribution in [1.82, 2.24) is 19.8 Å². The number of fused-ring (bicyclic) bond motifs is 1. The average Bonchev–Trinajstić information content (AvgIpc) is 3.18. The van der Waals surface area contributed by atoms with Crippen molar-refractivity contribution in [2.24, 2.45) is 0 Å². The van der Waals surface area contributed by atoms with Gasteiger partial charge in [-0.1, -0.05) is 83.2 Å². The van der Waals surface area contributed by atoms with E-state index in [4.69, 9.17) is 11.6 Å². The van der Waals surface area contributed by atoms with Crippen LogP contribution in [-0.4, -0.2) is 34.0 Å². The van der Waals surface area contributed by atoms with E-state index in [0.717, 1.165) is 18.5 Å². The minimum Gasteiger partial charge on any atom is -0.294 e. The molecular formula is C20H35ClN4O2S. The first-order valence-corrected chi connectivity index (χ1v) is 12.8. The number of hydrogen-bond donors (Lipinski definition) is 1. The van der Waals surface area contributed by atoms with Crippen LogP contribution in [0.4, 0.5) is 0 Å². The van der Waals surface area contributed by atoms with Gasteiger partial charge in [0.25, 0.3) is 0 Å². The Kier molecular flexibility index (Phi) is 9.28. The molecule has 2 aromatic heterocycles. The first kappa shape index (κ1) is 23.2. The third-order valence-corrected chi connectivity index (χ3v) is 8.09. The Labute approximate surface area is 174 Å². The van der Waals surface area contributed by atoms with E-state index in [-0.39, 0.29) is 5.75 Å². The molecule has 0 fully saturated rings. The molecule has 0 aliphatic carbocycles. The summed E-state index contributed by atoms with van der Waals surface area (Å²) in [5, 5.41) is 11.1. The van der Waals surface area contributed by atoms with Gasteiger partial charge in [-0.2, -0.15) is 0 Å². The Morgan fingerprint density at radius 1 is 0.964 bits per heavy atom. The first-order valence-electron chi connectivity index (χ1n) is 10.7. The Morgan fingerprint density at radius 3 is 2.11 bits per heavy atom. The maximum atomic E-state index is 12.9. The number of rotatable bonds is 14. The van der Waals surface area contributed by atoms with Crippen LogP contribution in [0.15, 0.2) is 0 Å². The summed E-state index contributed by atoms with van der Waals surface area (Å²) in [7, 11) is -3.28. The quantitative estimate of drug-likeness (QED) is 0.383. The minimum atomic E-state index is -3.28. The lowest BCUT2D eigenvalue weighted by Gasteiger charge is -2.14. The van der Waals surface area contributed by atoms with Crippen molar-refractivity contribution < 1.29 is 8.42 Å². The molecule has 28 heavy (non-hydrogen) atoms. The number of aromatic nitrogens is 4. The smallest absolute Gasteiger partial charge is 0.196 e. The van der Waals surface area contributed by atoms with Crippen molar-refractivity contribution in [1.29, 1.82) is 0 Å². The van der Waals surface area contributed by atoms with Crippen molar-refractivity contribution >= 4 is 27.1 Å². The third kappa shape index (κ3) is 5.96. The zero-order valence-corrected chi connectivity index (χ0v) is 19.1. The van der Waals surface area contributed by atoms with Gasteiger partial charge in [0.2, 0.25) is 0 Å². The summed E-state index contributed by atoms with van der Waals surface area (Å²) in [6.45, 7) is 5.94. The van der Waals surface area contributed by atoms with E-state index in [2.05, 4.69) is 22.2 Å². The lowest BCUT2D eigenvalue weighted by Crippen LogP contribution is -2.19. The highest BCUT2D eigenvalue weighted by Crippen LogP contribution is 2.29. The van der Waals surface area contributed by atoms with Gasteiger partial charge in [-0.05, 0) is 19.8 Å². The summed E-state index contributed by atoms with van der Waals surface area (Å²) in [5.74, 6) is 0.629. The molecule has 8 heteroatoms. The predicted molar refractivity (Wildman–Crippen MR) is 116 cm³/mol. The summed E-state index contributed by atoms with van der Waals surface area (Å²) >= 11 is 6.19. The highest BCUT2D eigenvalue weighted by molar-refractivity contribution is 7.91. The third-order valence-electron chi connectivity index (χ3n) is 5.37. The van der Waals surface area contributed by atoms with Crippen LogP contribution >= 0.6 is 11.6 Å². The van der Waals surface area contributed by atoms with E-state index >= 15 is 0 Å². The predicted octanol–water partition coefficient (Wildman–Crippen LogP) is 5.81. The van der Waals surface area contributed by atoms with Crippen LogP contribution in [0.1, 0.15) is 101 Å². The van der Waals surface area contributed by atoms with Crippen LogP contribution in [0.5, 0.6) is 0 Å². The van der Waals surface area contributed by atoms with Crippen LogP contribution in [0.3, 0.4) is 0 Å². The molecule has 2 rings (SSSR count). The van der Waals surface area contributed by atoms with Crippen molar-refractivity contribution in [2.45, 2.75) is 96.7 Å². The maximum Gasteiger partial charge on any atom is 0.196 e. The fourth-order valence-corrected chi connectivity index (χ4v) is 5.71. The topological polar surface area (TPSA) is 80.1 Å². The molecule has 0 radical (unpaired) electrons. The fourth-order valence-electron chi connectivity index (χ4n) is 3.67. The lowest BCUT2D eigenvalue weighted by molar-refractivity contribution is 0.551. The number of nitrogens with zero attached hydrogens (tertiary/aromatic N) is 3. The van der Waals surface area contributed by atoms with Gasteiger partial charge in [0.05, 0.1) is 11.4 Å². The molecule has 0 saturated carbocycles. The Morgan fingerprint density at radius 2 is 1.54 bits per heavy atom. The van der Waals surface area contributed by atoms with Crippen molar-refractivity contribution in [3.05, 3.63) is 16.5 Å². The molecule has 1 atom stereocenters. The highest BCUT2D eigenvalue weighted by atomic mass is 35.5. The molecule has 2 heterocycles. The van der Waals surface area contributed by atoms with Crippen molar-refractivity contribution in [3.63, 3.8) is 0 Å². The van der Waals surface area contributed by atoms with Gasteiger partial charge < -0.3 is 0 Å². The van der Waals surface area contributed by atoms with E-state index in [1.165, 1.54) is 44.9 Å². The molecular weight excluding hydrogens is 396 g/mol. The van der Waals surface area contributed by atoms with E-state index in [1.54, 1.807) is 4.52 Å². The summed E-state index contributed by atoms with van der Waals surface area (Å²) in [4.78, 5) is 0. The zero-order valence-electron chi connectivity index (χ0n) is 17.5. The van der Waals surface area contributed by atoms with Gasteiger partial charge in [-0.15, -0.1) is 10.2 Å². The van der Waals surface area contributed by atoms with E-state index in [0.29, 0.717) is 29.3 Å². The number of sulfone groups is 1. The van der Waals surface area contributed by atoms with Crippen molar-refractivity contribution in [2.75, 3.05) is 5.75 Å². The summed E-state index contributed by atoms with van der Waals surface area (Å²) < 4.78 is 27.4. The second-order valence-electron chi connectivity index (χ2n) is 7.71. The molecule has 0 bridgehead atoms. The monoisotopic (exact) mass is 430 g/mol. The van der Waals surface area contributed by atoms with Crippen molar-refractivity contribution in [3.8, 4) is 0 Å². The number of aromatic amines is 1. The van der Waals surface area contributed by atoms with Gasteiger partial charge in [0, 0.05) is 0 Å². The fraction of sp³-hybridized carbons (Fsp3) is 0.800. The van der Waals surface area contributed by atoms with Crippen LogP contribution in [0, 0.1) is 6.92 Å². The molecule has 0 aliphatic rings. The van der Waals surface area contributed by atoms with E-state index in [1.807, 2.05) is 13.8 Å². The van der Waals surface area contributed by atoms with Crippen LogP contribution in [-0.2, 0) is 9.84 Å². The van der Waals surface area contributed by atoms with Gasteiger partial charge >= 0.3 is 0 Å². The number of H-pyrrole nitrogens is 1. The van der Waals surface area contributed by atoms with Crippen LogP contribution in [0.2, 0.25) is 5.02 Å². The molecule has 2 aromatic rings. The number of halogens is 1. The molecule has 1 N–H and O–H groups in total. The average molecular weight is 431 g/mol. The Hall–Kier alpha value is -1.08. The van der Waals surface area contributed by atoms with E-state index in [9.17, 15) is 8.42 Å². The SMILES string of the molecule is CCCCCCCCCCCCS(=O)(=O)C(CC)c1nnc2c(Cl)c(C)[nH]n12. The second-order valence-corrected chi connectivity index (χ2v) is 10.4. The minimum absolute atomic E-state index is 0.199. The van der Waals surface area contributed by atoms with Gasteiger partial charge in [-0.3, -0.25) is 5.10 Å². The highest BCUT2D eigenvalue weighted by Gasteiger charge is 2.30. The van der Waals surface area contributed by atoms with Gasteiger partial charge in [-0.25, -0.2) is 12.9 Å². The number of nitrogens with one attached hydrogen (secondary N) is 1. The molecule has 6 nitrogen and oxygen atoms in total. The first-order chi connectivity index (χ1) is 13.4. The molecule has 0 aliphatic heterocycles. The molecule has 0 saturated heterocycles. The Balaban J connectivity index is 1.81. The normalized spacial score (nSPS) is 13.4. The molecule has 160 valence electrons. The Bertz CT molecular complexity index is 829. The molecule has 0 amide bonds. The lowest BCUT2D eigenvalue weighted by atomic mass is 10.1. The molecule has 0 spiro atoms. The molecule has 0 aromatic carbocycles. The van der Waals surface area contributed by atoms with Gasteiger partial charge in [0.1, 0.15) is 10.3 Å². The van der Waals surface area contributed by atoms with Crippen LogP contribution in [0.25, 0.3) is 5.65 Å². The second kappa shape index (κ2) is 11.2. The van der Waals surface area contributed by atoms with E-state index < -0.39 is 15.1 Å².